The second-order valence-corrected chi connectivity index (χ2v) is 5.90. The van der Waals surface area contributed by atoms with Crippen LogP contribution in [0.2, 0.25) is 0 Å². The van der Waals surface area contributed by atoms with Crippen molar-refractivity contribution in [3.63, 3.8) is 0 Å². The lowest BCUT2D eigenvalue weighted by Crippen LogP contribution is -2.42. The van der Waals surface area contributed by atoms with Crippen molar-refractivity contribution >= 4 is 16.7 Å². The molecule has 1 rings (SSSR count). The van der Waals surface area contributed by atoms with E-state index in [-0.39, 0.29) is 17.1 Å². The lowest BCUT2D eigenvalue weighted by Gasteiger charge is -2.22. The largest absolute Gasteiger partial charge is 0.355 e. The second-order valence-electron chi connectivity index (χ2n) is 4.10. The maximum Gasteiger partial charge on any atom is 0.224 e. The van der Waals surface area contributed by atoms with Crippen molar-refractivity contribution in [3.05, 3.63) is 0 Å². The number of carbonyl (C=O) groups excluding carboxylic acids is 1. The average molecular weight is 232 g/mol. The second kappa shape index (κ2) is 6.23. The zero-order valence-corrected chi connectivity index (χ0v) is 10.2. The molecular formula is C10H20N2O2S. The number of piperidine rings is 1. The summed E-state index contributed by atoms with van der Waals surface area (Å²) in [7, 11) is -0.862. The molecule has 0 saturated carbocycles. The van der Waals surface area contributed by atoms with Gasteiger partial charge in [0.05, 0.1) is 5.92 Å². The van der Waals surface area contributed by atoms with Gasteiger partial charge >= 0.3 is 0 Å². The van der Waals surface area contributed by atoms with Crippen LogP contribution in [-0.4, -0.2) is 41.3 Å². The van der Waals surface area contributed by atoms with Gasteiger partial charge in [-0.25, -0.2) is 0 Å². The fraction of sp³-hybridized carbons (Fsp3) is 0.900. The fourth-order valence-electron chi connectivity index (χ4n) is 1.58. The van der Waals surface area contributed by atoms with E-state index in [2.05, 4.69) is 10.6 Å². The minimum atomic E-state index is -0.862. The van der Waals surface area contributed by atoms with Gasteiger partial charge in [0.25, 0.3) is 0 Å². The van der Waals surface area contributed by atoms with Gasteiger partial charge in [-0.1, -0.05) is 0 Å². The van der Waals surface area contributed by atoms with Gasteiger partial charge in [0.2, 0.25) is 5.91 Å². The van der Waals surface area contributed by atoms with Gasteiger partial charge in [0.1, 0.15) is 0 Å². The third kappa shape index (κ3) is 4.30. The molecule has 1 amide bonds. The molecule has 88 valence electrons. The molecule has 0 aliphatic carbocycles. The van der Waals surface area contributed by atoms with Crippen molar-refractivity contribution in [2.75, 3.05) is 25.9 Å². The van der Waals surface area contributed by atoms with Crippen LogP contribution in [0.1, 0.15) is 19.8 Å². The molecule has 4 nitrogen and oxygen atoms in total. The average Bonchev–Trinajstić information content (AvgIpc) is 2.26. The Morgan fingerprint density at radius 3 is 2.93 bits per heavy atom. The van der Waals surface area contributed by atoms with Gasteiger partial charge in [0.15, 0.2) is 0 Å². The number of hydrogen-bond acceptors (Lipinski definition) is 3. The number of carbonyl (C=O) groups is 1. The van der Waals surface area contributed by atoms with Crippen LogP contribution < -0.4 is 10.6 Å². The summed E-state index contributed by atoms with van der Waals surface area (Å²) in [5, 5.41) is 6.10. The summed E-state index contributed by atoms with van der Waals surface area (Å²) in [4.78, 5) is 11.7. The molecule has 0 spiro atoms. The van der Waals surface area contributed by atoms with E-state index in [1.807, 2.05) is 6.92 Å². The van der Waals surface area contributed by atoms with Crippen molar-refractivity contribution in [1.82, 2.24) is 10.6 Å². The van der Waals surface area contributed by atoms with Gasteiger partial charge in [-0.05, 0) is 26.3 Å². The molecule has 0 aromatic heterocycles. The summed E-state index contributed by atoms with van der Waals surface area (Å²) in [6.45, 7) is 4.18. The monoisotopic (exact) mass is 232 g/mol. The maximum absolute atomic E-state index is 11.7. The number of nitrogens with one attached hydrogen (secondary N) is 2. The molecule has 1 fully saturated rings. The molecule has 0 radical (unpaired) electrons. The first-order chi connectivity index (χ1) is 7.11. The van der Waals surface area contributed by atoms with E-state index in [4.69, 9.17) is 0 Å². The Bertz CT molecular complexity index is 240. The van der Waals surface area contributed by atoms with E-state index in [0.717, 1.165) is 25.9 Å². The Morgan fingerprint density at radius 1 is 1.67 bits per heavy atom. The van der Waals surface area contributed by atoms with Crippen molar-refractivity contribution in [1.29, 1.82) is 0 Å². The minimum Gasteiger partial charge on any atom is -0.355 e. The Kier molecular flexibility index (Phi) is 5.25. The van der Waals surface area contributed by atoms with E-state index in [9.17, 15) is 9.00 Å². The molecule has 15 heavy (non-hydrogen) atoms. The number of amides is 1. The molecule has 1 saturated heterocycles. The van der Waals surface area contributed by atoms with Crippen LogP contribution in [0, 0.1) is 5.92 Å². The lowest BCUT2D eigenvalue weighted by molar-refractivity contribution is -0.125. The van der Waals surface area contributed by atoms with Crippen LogP contribution in [0.4, 0.5) is 0 Å². The predicted molar refractivity (Wildman–Crippen MR) is 62.1 cm³/mol. The van der Waals surface area contributed by atoms with Crippen molar-refractivity contribution in [2.24, 2.45) is 5.92 Å². The van der Waals surface area contributed by atoms with Crippen LogP contribution in [0.15, 0.2) is 0 Å². The zero-order valence-electron chi connectivity index (χ0n) is 9.41. The highest BCUT2D eigenvalue weighted by atomic mass is 32.2. The predicted octanol–water partition coefficient (Wildman–Crippen LogP) is -0.131. The van der Waals surface area contributed by atoms with Gasteiger partial charge in [-0.15, -0.1) is 0 Å². The Hall–Kier alpha value is -0.420. The molecule has 5 heteroatoms. The molecule has 2 unspecified atom stereocenters. The molecule has 3 atom stereocenters. The highest BCUT2D eigenvalue weighted by molar-refractivity contribution is 7.84. The normalized spacial score (nSPS) is 25.6. The fourth-order valence-corrected chi connectivity index (χ4v) is 1.90. The highest BCUT2D eigenvalue weighted by Crippen LogP contribution is 2.09. The molecular weight excluding hydrogens is 212 g/mol. The van der Waals surface area contributed by atoms with Crippen molar-refractivity contribution in [2.45, 2.75) is 25.0 Å². The summed E-state index contributed by atoms with van der Waals surface area (Å²) in [5.41, 5.74) is 0. The maximum atomic E-state index is 11.7. The van der Waals surface area contributed by atoms with Gasteiger partial charge < -0.3 is 10.6 Å². The summed E-state index contributed by atoms with van der Waals surface area (Å²) < 4.78 is 11.1. The Balaban J connectivity index is 2.25. The topological polar surface area (TPSA) is 58.2 Å². The molecule has 2 N–H and O–H groups in total. The minimum absolute atomic E-state index is 0.0329. The molecule has 0 aromatic carbocycles. The van der Waals surface area contributed by atoms with Gasteiger partial charge in [0, 0.05) is 35.4 Å². The summed E-state index contributed by atoms with van der Waals surface area (Å²) in [6, 6.07) is 0. The SMILES string of the molecule is CC(CNC(=O)[C@H]1CCCNC1)S(C)=O. The number of rotatable bonds is 4. The number of hydrogen-bond donors (Lipinski definition) is 2. The third-order valence-electron chi connectivity index (χ3n) is 2.80. The van der Waals surface area contributed by atoms with Crippen LogP contribution in [0.25, 0.3) is 0 Å². The quantitative estimate of drug-likeness (QED) is 0.710. The van der Waals surface area contributed by atoms with Gasteiger partial charge in [-0.2, -0.15) is 0 Å². The molecule has 1 aliphatic rings. The van der Waals surface area contributed by atoms with Crippen LogP contribution >= 0.6 is 0 Å². The molecule has 0 aromatic rings. The summed E-state index contributed by atoms with van der Waals surface area (Å²) in [5.74, 6) is 0.191. The molecule has 1 heterocycles. The summed E-state index contributed by atoms with van der Waals surface area (Å²) >= 11 is 0. The molecule has 0 bridgehead atoms. The van der Waals surface area contributed by atoms with E-state index in [1.165, 1.54) is 0 Å². The standard InChI is InChI=1S/C10H20N2O2S/c1-8(15(2)14)6-12-10(13)9-4-3-5-11-7-9/h8-9,11H,3-7H2,1-2H3,(H,12,13)/t8?,9-,15?/m0/s1. The van der Waals surface area contributed by atoms with Crippen LogP contribution in [0.5, 0.6) is 0 Å². The smallest absolute Gasteiger partial charge is 0.224 e. The van der Waals surface area contributed by atoms with E-state index >= 15 is 0 Å². The Labute approximate surface area is 93.7 Å². The highest BCUT2D eigenvalue weighted by Gasteiger charge is 2.21. The first-order valence-electron chi connectivity index (χ1n) is 5.42. The zero-order chi connectivity index (χ0) is 11.3. The first-order valence-corrected chi connectivity index (χ1v) is 7.04. The lowest BCUT2D eigenvalue weighted by atomic mass is 9.99. The van der Waals surface area contributed by atoms with Crippen molar-refractivity contribution < 1.29 is 9.00 Å². The van der Waals surface area contributed by atoms with E-state index in [1.54, 1.807) is 6.26 Å². The third-order valence-corrected chi connectivity index (χ3v) is 4.10. The van der Waals surface area contributed by atoms with Crippen molar-refractivity contribution in [3.8, 4) is 0 Å². The van der Waals surface area contributed by atoms with E-state index in [0.29, 0.717) is 6.54 Å². The summed E-state index contributed by atoms with van der Waals surface area (Å²) in [6.07, 6.45) is 3.69. The van der Waals surface area contributed by atoms with Crippen LogP contribution in [0.3, 0.4) is 0 Å². The van der Waals surface area contributed by atoms with E-state index < -0.39 is 10.8 Å². The van der Waals surface area contributed by atoms with Crippen LogP contribution in [-0.2, 0) is 15.6 Å². The molecule has 1 aliphatic heterocycles. The van der Waals surface area contributed by atoms with Gasteiger partial charge in [-0.3, -0.25) is 9.00 Å². The first kappa shape index (κ1) is 12.6. The Morgan fingerprint density at radius 2 is 2.40 bits per heavy atom.